The van der Waals surface area contributed by atoms with Gasteiger partial charge in [0.25, 0.3) is 5.91 Å². The summed E-state index contributed by atoms with van der Waals surface area (Å²) in [6.45, 7) is 1.53. The summed E-state index contributed by atoms with van der Waals surface area (Å²) in [4.78, 5) is 18.5. The number of halogens is 5. The zero-order chi connectivity index (χ0) is 25.1. The standard InChI is InChI=1S/C22H22Cl2F3N5O2/c1-14(32(9-8-28)20(33)15-2-4-16(5-3-15)22(25,26)27)21(34,11-31-13-29-12-30-31)18-7-6-17(23)10-19(18)24/h2-7,10,12-14,34H,8-9,11,28H2,1H3/t14-,21-/m1/s1. The Bertz CT molecular complexity index is 1130. The van der Waals surface area contributed by atoms with Crippen LogP contribution in [0.1, 0.15) is 28.4 Å². The van der Waals surface area contributed by atoms with Crippen molar-refractivity contribution in [1.82, 2.24) is 19.7 Å². The van der Waals surface area contributed by atoms with Crippen molar-refractivity contribution in [2.75, 3.05) is 13.1 Å². The Kier molecular flexibility index (Phi) is 7.87. The minimum absolute atomic E-state index is 0.0126. The SMILES string of the molecule is C[C@@H](N(CCN)C(=O)c1ccc(C(F)(F)F)cc1)[C@](O)(Cn1cncn1)c1ccc(Cl)cc1Cl. The van der Waals surface area contributed by atoms with E-state index in [1.54, 1.807) is 19.1 Å². The van der Waals surface area contributed by atoms with Crippen molar-refractivity contribution < 1.29 is 23.1 Å². The summed E-state index contributed by atoms with van der Waals surface area (Å²) in [5, 5.41) is 16.5. The molecule has 0 aliphatic rings. The van der Waals surface area contributed by atoms with E-state index < -0.39 is 29.3 Å². The summed E-state index contributed by atoms with van der Waals surface area (Å²) in [5.74, 6) is -0.603. The number of nitrogens with two attached hydrogens (primary N) is 1. The molecule has 2 aromatic carbocycles. The summed E-state index contributed by atoms with van der Waals surface area (Å²) in [6.07, 6.45) is -1.85. The van der Waals surface area contributed by atoms with Crippen LogP contribution in [0, 0.1) is 0 Å². The molecular weight excluding hydrogens is 494 g/mol. The first-order valence-electron chi connectivity index (χ1n) is 10.2. The Labute approximate surface area is 203 Å². The average Bonchev–Trinajstić information content (AvgIpc) is 3.28. The molecule has 12 heteroatoms. The van der Waals surface area contributed by atoms with Crippen molar-refractivity contribution in [3.63, 3.8) is 0 Å². The number of hydrogen-bond acceptors (Lipinski definition) is 5. The predicted molar refractivity (Wildman–Crippen MR) is 121 cm³/mol. The summed E-state index contributed by atoms with van der Waals surface area (Å²) >= 11 is 12.4. The van der Waals surface area contributed by atoms with Crippen LogP contribution in [-0.2, 0) is 18.3 Å². The van der Waals surface area contributed by atoms with Crippen LogP contribution in [0.25, 0.3) is 0 Å². The third-order valence-corrected chi connectivity index (χ3v) is 6.06. The van der Waals surface area contributed by atoms with E-state index in [4.69, 9.17) is 28.9 Å². The van der Waals surface area contributed by atoms with E-state index in [1.165, 1.54) is 28.3 Å². The molecule has 1 aromatic heterocycles. The normalized spacial score (nSPS) is 14.5. The highest BCUT2D eigenvalue weighted by molar-refractivity contribution is 6.35. The first-order valence-corrected chi connectivity index (χ1v) is 10.9. The van der Waals surface area contributed by atoms with Crippen LogP contribution in [0.5, 0.6) is 0 Å². The average molecular weight is 516 g/mol. The molecule has 0 aliphatic carbocycles. The molecule has 0 fully saturated rings. The van der Waals surface area contributed by atoms with E-state index in [0.717, 1.165) is 24.3 Å². The molecule has 3 N–H and O–H groups in total. The third kappa shape index (κ3) is 5.52. The number of amides is 1. The van der Waals surface area contributed by atoms with Gasteiger partial charge in [-0.1, -0.05) is 29.3 Å². The molecule has 3 rings (SSSR count). The molecule has 0 spiro atoms. The van der Waals surface area contributed by atoms with Gasteiger partial charge in [-0.3, -0.25) is 4.79 Å². The van der Waals surface area contributed by atoms with Crippen molar-refractivity contribution in [2.24, 2.45) is 5.73 Å². The number of aliphatic hydroxyl groups is 1. The molecule has 0 bridgehead atoms. The van der Waals surface area contributed by atoms with Gasteiger partial charge in [-0.2, -0.15) is 18.3 Å². The van der Waals surface area contributed by atoms with Gasteiger partial charge in [0.05, 0.1) is 18.2 Å². The van der Waals surface area contributed by atoms with Crippen LogP contribution in [0.3, 0.4) is 0 Å². The molecule has 182 valence electrons. The number of carbonyl (C=O) groups excluding carboxylic acids is 1. The smallest absolute Gasteiger partial charge is 0.381 e. The van der Waals surface area contributed by atoms with E-state index in [9.17, 15) is 23.1 Å². The topological polar surface area (TPSA) is 97.3 Å². The zero-order valence-corrected chi connectivity index (χ0v) is 19.5. The lowest BCUT2D eigenvalue weighted by molar-refractivity contribution is -0.137. The van der Waals surface area contributed by atoms with Crippen molar-refractivity contribution in [1.29, 1.82) is 0 Å². The lowest BCUT2D eigenvalue weighted by Crippen LogP contribution is -2.54. The maximum atomic E-state index is 13.3. The lowest BCUT2D eigenvalue weighted by Gasteiger charge is -2.41. The van der Waals surface area contributed by atoms with Crippen LogP contribution >= 0.6 is 23.2 Å². The van der Waals surface area contributed by atoms with E-state index in [0.29, 0.717) is 5.02 Å². The first-order chi connectivity index (χ1) is 16.0. The molecule has 1 heterocycles. The van der Waals surface area contributed by atoms with Crippen LogP contribution in [0.4, 0.5) is 13.2 Å². The number of aromatic nitrogens is 3. The number of alkyl halides is 3. The number of benzene rings is 2. The quantitative estimate of drug-likeness (QED) is 0.472. The van der Waals surface area contributed by atoms with Gasteiger partial charge >= 0.3 is 6.18 Å². The van der Waals surface area contributed by atoms with Crippen molar-refractivity contribution >= 4 is 29.1 Å². The van der Waals surface area contributed by atoms with Gasteiger partial charge in [-0.15, -0.1) is 0 Å². The van der Waals surface area contributed by atoms with Gasteiger partial charge in [0.15, 0.2) is 0 Å². The van der Waals surface area contributed by atoms with E-state index in [2.05, 4.69) is 10.1 Å². The number of rotatable bonds is 8. The number of carbonyl (C=O) groups is 1. The number of hydrogen-bond donors (Lipinski definition) is 2. The molecule has 0 saturated heterocycles. The fraction of sp³-hybridized carbons (Fsp3) is 0.318. The van der Waals surface area contributed by atoms with Gasteiger partial charge < -0.3 is 15.7 Å². The second kappa shape index (κ2) is 10.3. The molecule has 0 unspecified atom stereocenters. The van der Waals surface area contributed by atoms with Gasteiger partial charge in [0.1, 0.15) is 18.3 Å². The molecule has 0 aliphatic heterocycles. The Morgan fingerprint density at radius 1 is 1.21 bits per heavy atom. The molecule has 2 atom stereocenters. The minimum Gasteiger partial charge on any atom is -0.381 e. The van der Waals surface area contributed by atoms with E-state index >= 15 is 0 Å². The largest absolute Gasteiger partial charge is 0.416 e. The molecular formula is C22H22Cl2F3N5O2. The van der Waals surface area contributed by atoms with Crippen molar-refractivity contribution in [3.8, 4) is 0 Å². The fourth-order valence-corrected chi connectivity index (χ4v) is 4.25. The van der Waals surface area contributed by atoms with Crippen LogP contribution in [0.15, 0.2) is 55.1 Å². The van der Waals surface area contributed by atoms with Crippen molar-refractivity contribution in [3.05, 3.63) is 81.9 Å². The second-order valence-corrected chi connectivity index (χ2v) is 8.52. The van der Waals surface area contributed by atoms with Gasteiger partial charge in [0, 0.05) is 34.3 Å². The monoisotopic (exact) mass is 515 g/mol. The van der Waals surface area contributed by atoms with E-state index in [1.807, 2.05) is 0 Å². The second-order valence-electron chi connectivity index (χ2n) is 7.68. The highest BCUT2D eigenvalue weighted by Crippen LogP contribution is 2.37. The number of nitrogens with zero attached hydrogens (tertiary/aromatic N) is 4. The first kappa shape index (κ1) is 26.0. The Morgan fingerprint density at radius 3 is 2.41 bits per heavy atom. The molecule has 0 radical (unpaired) electrons. The summed E-state index contributed by atoms with van der Waals surface area (Å²) in [7, 11) is 0. The van der Waals surface area contributed by atoms with Gasteiger partial charge in [0.2, 0.25) is 0 Å². The summed E-state index contributed by atoms with van der Waals surface area (Å²) in [5.41, 5.74) is 3.37. The molecule has 34 heavy (non-hydrogen) atoms. The molecule has 0 saturated carbocycles. The molecule has 1 amide bonds. The van der Waals surface area contributed by atoms with E-state index in [-0.39, 0.29) is 35.8 Å². The Hall–Kier alpha value is -2.66. The highest BCUT2D eigenvalue weighted by atomic mass is 35.5. The van der Waals surface area contributed by atoms with Crippen molar-refractivity contribution in [2.45, 2.75) is 31.3 Å². The summed E-state index contributed by atoms with van der Waals surface area (Å²) < 4.78 is 40.2. The van der Waals surface area contributed by atoms with Crippen LogP contribution in [0.2, 0.25) is 10.0 Å². The minimum atomic E-state index is -4.53. The maximum Gasteiger partial charge on any atom is 0.416 e. The fourth-order valence-electron chi connectivity index (χ4n) is 3.68. The predicted octanol–water partition coefficient (Wildman–Crippen LogP) is 3.98. The molecule has 3 aromatic rings. The van der Waals surface area contributed by atoms with Crippen LogP contribution in [-0.4, -0.2) is 49.8 Å². The third-order valence-electron chi connectivity index (χ3n) is 5.52. The summed E-state index contributed by atoms with van der Waals surface area (Å²) in [6, 6.07) is 7.46. The molecule has 7 nitrogen and oxygen atoms in total. The zero-order valence-electron chi connectivity index (χ0n) is 18.0. The Balaban J connectivity index is 2.03. The highest BCUT2D eigenvalue weighted by Gasteiger charge is 2.43. The van der Waals surface area contributed by atoms with Gasteiger partial charge in [-0.05, 0) is 43.3 Å². The van der Waals surface area contributed by atoms with Crippen LogP contribution < -0.4 is 5.73 Å². The lowest BCUT2D eigenvalue weighted by atomic mass is 9.85. The van der Waals surface area contributed by atoms with Gasteiger partial charge in [-0.25, -0.2) is 9.67 Å². The maximum absolute atomic E-state index is 13.3. The Morgan fingerprint density at radius 2 is 1.88 bits per heavy atom.